The maximum Gasteiger partial charge on any atom is 0.326 e. The number of thiazole rings is 1. The van der Waals surface area contributed by atoms with Crippen LogP contribution < -0.4 is 10.6 Å². The molecule has 6 nitrogen and oxygen atoms in total. The van der Waals surface area contributed by atoms with Crippen molar-refractivity contribution in [1.29, 1.82) is 0 Å². The summed E-state index contributed by atoms with van der Waals surface area (Å²) in [6, 6.07) is -1.38. The largest absolute Gasteiger partial charge is 0.480 e. The summed E-state index contributed by atoms with van der Waals surface area (Å²) in [5.74, 6) is -1.21. The van der Waals surface area contributed by atoms with Crippen LogP contribution in [0.4, 0.5) is 4.79 Å². The van der Waals surface area contributed by atoms with Crippen molar-refractivity contribution < 1.29 is 14.7 Å². The molecule has 1 heterocycles. The quantitative estimate of drug-likeness (QED) is 0.754. The Morgan fingerprint density at radius 2 is 2.17 bits per heavy atom. The first-order valence-electron chi connectivity index (χ1n) is 5.58. The number of carboxylic acid groups (broad SMARTS) is 1. The maximum atomic E-state index is 11.5. The van der Waals surface area contributed by atoms with E-state index >= 15 is 0 Å². The zero-order chi connectivity index (χ0) is 13.7. The standard InChI is InChI=1S/C11H17N3O3S/c1-6(2)9(10(15)16)14-11(17)12-4-8-13-7(3)5-18-8/h5-6,9H,4H2,1-3H3,(H,15,16)(H2,12,14,17)/t9-/m0/s1. The fraction of sp³-hybridized carbons (Fsp3) is 0.545. The summed E-state index contributed by atoms with van der Waals surface area (Å²) in [7, 11) is 0. The van der Waals surface area contributed by atoms with Gasteiger partial charge < -0.3 is 15.7 Å². The lowest BCUT2D eigenvalue weighted by atomic mass is 10.1. The summed E-state index contributed by atoms with van der Waals surface area (Å²) >= 11 is 1.45. The molecule has 7 heteroatoms. The molecule has 18 heavy (non-hydrogen) atoms. The molecule has 0 unspecified atom stereocenters. The van der Waals surface area contributed by atoms with Crippen molar-refractivity contribution in [3.8, 4) is 0 Å². The van der Waals surface area contributed by atoms with Crippen LogP contribution in [0.25, 0.3) is 0 Å². The number of aromatic nitrogens is 1. The number of amides is 2. The van der Waals surface area contributed by atoms with E-state index in [-0.39, 0.29) is 5.92 Å². The van der Waals surface area contributed by atoms with Gasteiger partial charge in [-0.25, -0.2) is 14.6 Å². The smallest absolute Gasteiger partial charge is 0.326 e. The summed E-state index contributed by atoms with van der Waals surface area (Å²) in [5.41, 5.74) is 0.905. The molecule has 0 aliphatic carbocycles. The minimum atomic E-state index is -1.04. The highest BCUT2D eigenvalue weighted by Gasteiger charge is 2.23. The van der Waals surface area contributed by atoms with Crippen molar-refractivity contribution in [2.45, 2.75) is 33.4 Å². The second kappa shape index (κ2) is 6.34. The number of carboxylic acids is 1. The zero-order valence-electron chi connectivity index (χ0n) is 10.6. The van der Waals surface area contributed by atoms with Crippen LogP contribution in [-0.4, -0.2) is 28.1 Å². The highest BCUT2D eigenvalue weighted by atomic mass is 32.1. The van der Waals surface area contributed by atoms with E-state index < -0.39 is 18.0 Å². The Bertz CT molecular complexity index is 431. The molecular weight excluding hydrogens is 254 g/mol. The van der Waals surface area contributed by atoms with Gasteiger partial charge in [0.25, 0.3) is 0 Å². The molecule has 0 saturated carbocycles. The molecule has 1 rings (SSSR count). The molecule has 0 spiro atoms. The number of carbonyl (C=O) groups is 2. The molecular formula is C11H17N3O3S. The van der Waals surface area contributed by atoms with Gasteiger partial charge in [0.2, 0.25) is 0 Å². The predicted molar refractivity (Wildman–Crippen MR) is 68.5 cm³/mol. The fourth-order valence-corrected chi connectivity index (χ4v) is 2.06. The molecule has 2 amide bonds. The molecule has 0 saturated heterocycles. The summed E-state index contributed by atoms with van der Waals surface area (Å²) < 4.78 is 0. The number of urea groups is 1. The van der Waals surface area contributed by atoms with Crippen LogP contribution in [0.2, 0.25) is 0 Å². The van der Waals surface area contributed by atoms with Crippen LogP contribution in [-0.2, 0) is 11.3 Å². The summed E-state index contributed by atoms with van der Waals surface area (Å²) in [6.45, 7) is 5.65. The number of carbonyl (C=O) groups excluding carboxylic acids is 1. The molecule has 3 N–H and O–H groups in total. The first kappa shape index (κ1) is 14.4. The monoisotopic (exact) mass is 271 g/mol. The number of rotatable bonds is 5. The molecule has 0 aliphatic rings. The third-order valence-electron chi connectivity index (χ3n) is 2.29. The molecule has 1 aromatic heterocycles. The Morgan fingerprint density at radius 1 is 1.50 bits per heavy atom. The molecule has 0 bridgehead atoms. The van der Waals surface area contributed by atoms with E-state index in [9.17, 15) is 9.59 Å². The first-order valence-corrected chi connectivity index (χ1v) is 6.46. The van der Waals surface area contributed by atoms with E-state index in [4.69, 9.17) is 5.11 Å². The van der Waals surface area contributed by atoms with Crippen molar-refractivity contribution in [3.05, 3.63) is 16.1 Å². The Balaban J connectivity index is 2.43. The Labute approximate surface area is 109 Å². The molecule has 1 aromatic rings. The van der Waals surface area contributed by atoms with Crippen molar-refractivity contribution in [2.75, 3.05) is 0 Å². The summed E-state index contributed by atoms with van der Waals surface area (Å²) in [4.78, 5) is 26.6. The normalized spacial score (nSPS) is 12.2. The van der Waals surface area contributed by atoms with Gasteiger partial charge in [0.15, 0.2) is 0 Å². The SMILES string of the molecule is Cc1csc(CNC(=O)N[C@H](C(=O)O)C(C)C)n1. The van der Waals surface area contributed by atoms with Crippen LogP contribution in [0, 0.1) is 12.8 Å². The van der Waals surface area contributed by atoms with Crippen LogP contribution in [0.1, 0.15) is 24.5 Å². The highest BCUT2D eigenvalue weighted by molar-refractivity contribution is 7.09. The van der Waals surface area contributed by atoms with Gasteiger partial charge in [-0.1, -0.05) is 13.8 Å². The van der Waals surface area contributed by atoms with Gasteiger partial charge in [-0.3, -0.25) is 0 Å². The Hall–Kier alpha value is -1.63. The minimum absolute atomic E-state index is 0.171. The van der Waals surface area contributed by atoms with Gasteiger partial charge in [-0.05, 0) is 12.8 Å². The number of aryl methyl sites for hydroxylation is 1. The topological polar surface area (TPSA) is 91.3 Å². The second-order valence-electron chi connectivity index (χ2n) is 4.27. The minimum Gasteiger partial charge on any atom is -0.480 e. The first-order chi connectivity index (χ1) is 8.40. The van der Waals surface area contributed by atoms with E-state index in [1.807, 2.05) is 12.3 Å². The molecule has 0 aliphatic heterocycles. The van der Waals surface area contributed by atoms with Crippen LogP contribution >= 0.6 is 11.3 Å². The zero-order valence-corrected chi connectivity index (χ0v) is 11.4. The highest BCUT2D eigenvalue weighted by Crippen LogP contribution is 2.07. The van der Waals surface area contributed by atoms with Crippen molar-refractivity contribution in [1.82, 2.24) is 15.6 Å². The van der Waals surface area contributed by atoms with E-state index in [2.05, 4.69) is 15.6 Å². The summed E-state index contributed by atoms with van der Waals surface area (Å²) in [5, 5.41) is 16.6. The van der Waals surface area contributed by atoms with Crippen LogP contribution in [0.5, 0.6) is 0 Å². The van der Waals surface area contributed by atoms with Gasteiger partial charge in [0.1, 0.15) is 11.0 Å². The van der Waals surface area contributed by atoms with Crippen molar-refractivity contribution >= 4 is 23.3 Å². The van der Waals surface area contributed by atoms with Crippen LogP contribution in [0.15, 0.2) is 5.38 Å². The number of hydrogen-bond acceptors (Lipinski definition) is 4. The number of nitrogens with one attached hydrogen (secondary N) is 2. The average molecular weight is 271 g/mol. The number of hydrogen-bond donors (Lipinski definition) is 3. The lowest BCUT2D eigenvalue weighted by Gasteiger charge is -2.17. The van der Waals surface area contributed by atoms with E-state index in [0.29, 0.717) is 6.54 Å². The van der Waals surface area contributed by atoms with Crippen LogP contribution in [0.3, 0.4) is 0 Å². The van der Waals surface area contributed by atoms with E-state index in [1.54, 1.807) is 13.8 Å². The third kappa shape index (κ3) is 4.33. The molecule has 100 valence electrons. The lowest BCUT2D eigenvalue weighted by Crippen LogP contribution is -2.48. The maximum absolute atomic E-state index is 11.5. The number of aliphatic carboxylic acids is 1. The van der Waals surface area contributed by atoms with Crippen molar-refractivity contribution in [3.63, 3.8) is 0 Å². The lowest BCUT2D eigenvalue weighted by molar-refractivity contribution is -0.140. The molecule has 0 radical (unpaired) electrons. The third-order valence-corrected chi connectivity index (χ3v) is 3.25. The Kier molecular flexibility index (Phi) is 5.08. The van der Waals surface area contributed by atoms with Crippen molar-refractivity contribution in [2.24, 2.45) is 5.92 Å². The second-order valence-corrected chi connectivity index (χ2v) is 5.21. The van der Waals surface area contributed by atoms with Gasteiger partial charge in [0.05, 0.1) is 6.54 Å². The molecule has 1 atom stereocenters. The predicted octanol–water partition coefficient (Wildman–Crippen LogP) is 1.36. The number of nitrogens with zero attached hydrogens (tertiary/aromatic N) is 1. The Morgan fingerprint density at radius 3 is 2.61 bits per heavy atom. The molecule has 0 aromatic carbocycles. The van der Waals surface area contributed by atoms with E-state index in [0.717, 1.165) is 10.7 Å². The van der Waals surface area contributed by atoms with E-state index in [1.165, 1.54) is 11.3 Å². The van der Waals surface area contributed by atoms with Gasteiger partial charge in [0, 0.05) is 11.1 Å². The molecule has 0 fully saturated rings. The average Bonchev–Trinajstić information content (AvgIpc) is 2.68. The van der Waals surface area contributed by atoms with Gasteiger partial charge in [-0.15, -0.1) is 11.3 Å². The summed E-state index contributed by atoms with van der Waals surface area (Å²) in [6.07, 6.45) is 0. The fourth-order valence-electron chi connectivity index (χ4n) is 1.35. The van der Waals surface area contributed by atoms with Gasteiger partial charge in [-0.2, -0.15) is 0 Å². The van der Waals surface area contributed by atoms with Gasteiger partial charge >= 0.3 is 12.0 Å².